The van der Waals surface area contributed by atoms with E-state index in [2.05, 4.69) is 50.3 Å². The molecule has 368 valence electrons. The summed E-state index contributed by atoms with van der Waals surface area (Å²) in [4.78, 5) is 35.8. The standard InChI is InChI=1S/C49H89O13P/c1-3-5-7-9-11-13-15-17-19-20-21-22-24-26-28-30-32-34-36-38-43(51)61-41(40-60-63(57,58)62-49-47(55)45(53)44(52)46(54)48(49)56)39-59-42(50)37-35-33-31-29-27-25-23-18-16-14-12-10-8-6-4-2/h6,8,12,14,18,23,41,44-49,52-56H,3-5,7,9-11,13,15-17,19-22,24-40H2,1-2H3,(H,57,58)/b8-6+,14-12+,23-18+/t41-,44?,45-,46?,47?,48?,49?/m1/s1. The van der Waals surface area contributed by atoms with Gasteiger partial charge in [-0.05, 0) is 44.9 Å². The van der Waals surface area contributed by atoms with Crippen molar-refractivity contribution in [1.82, 2.24) is 0 Å². The van der Waals surface area contributed by atoms with Crippen molar-refractivity contribution in [3.05, 3.63) is 36.5 Å². The molecule has 8 atom stereocenters. The Balaban J connectivity index is 2.41. The van der Waals surface area contributed by atoms with E-state index in [1.807, 2.05) is 0 Å². The fourth-order valence-electron chi connectivity index (χ4n) is 7.54. The van der Waals surface area contributed by atoms with Crippen LogP contribution in [-0.4, -0.2) is 98.3 Å². The molecule has 6 unspecified atom stereocenters. The minimum Gasteiger partial charge on any atom is -0.462 e. The van der Waals surface area contributed by atoms with Gasteiger partial charge in [0.05, 0.1) is 6.61 Å². The number of unbranched alkanes of at least 4 members (excludes halogenated alkanes) is 23. The molecule has 0 saturated heterocycles. The second kappa shape index (κ2) is 39.3. The lowest BCUT2D eigenvalue weighted by Crippen LogP contribution is -2.64. The smallest absolute Gasteiger partial charge is 0.462 e. The SMILES string of the molecule is CC/C=C/C/C=C/C/C=C/CCCCCCCC(=O)OC[C@H](COP(=O)(O)OC1C(O)C(O)C(O)[C@@H](O)C1O)OC(=O)CCCCCCCCCCCCCCCCCCCCC. The summed E-state index contributed by atoms with van der Waals surface area (Å²) in [6.07, 6.45) is 31.9. The van der Waals surface area contributed by atoms with Gasteiger partial charge in [-0.2, -0.15) is 0 Å². The maximum Gasteiger partial charge on any atom is 0.472 e. The van der Waals surface area contributed by atoms with Crippen molar-refractivity contribution < 1.29 is 63.1 Å². The Morgan fingerprint density at radius 1 is 0.508 bits per heavy atom. The highest BCUT2D eigenvalue weighted by Crippen LogP contribution is 2.47. The molecular formula is C49H89O13P. The maximum absolute atomic E-state index is 12.8. The topological polar surface area (TPSA) is 210 Å². The van der Waals surface area contributed by atoms with Gasteiger partial charge in [0, 0.05) is 12.8 Å². The van der Waals surface area contributed by atoms with Crippen LogP contribution in [-0.2, 0) is 32.7 Å². The van der Waals surface area contributed by atoms with Gasteiger partial charge in [0.25, 0.3) is 0 Å². The minimum absolute atomic E-state index is 0.0962. The first-order valence-electron chi connectivity index (χ1n) is 24.8. The Kier molecular flexibility index (Phi) is 36.8. The summed E-state index contributed by atoms with van der Waals surface area (Å²) >= 11 is 0. The van der Waals surface area contributed by atoms with Gasteiger partial charge in [-0.15, -0.1) is 0 Å². The van der Waals surface area contributed by atoms with Crippen molar-refractivity contribution in [2.75, 3.05) is 13.2 Å². The molecule has 1 rings (SSSR count). The second-order valence-corrected chi connectivity index (χ2v) is 18.7. The summed E-state index contributed by atoms with van der Waals surface area (Å²) in [5, 5.41) is 50.2. The molecular weight excluding hydrogens is 827 g/mol. The first-order chi connectivity index (χ1) is 30.4. The predicted octanol–water partition coefficient (Wildman–Crippen LogP) is 10.2. The Morgan fingerprint density at radius 2 is 0.905 bits per heavy atom. The monoisotopic (exact) mass is 917 g/mol. The number of hydrogen-bond donors (Lipinski definition) is 6. The van der Waals surface area contributed by atoms with Crippen LogP contribution in [0.1, 0.15) is 206 Å². The molecule has 63 heavy (non-hydrogen) atoms. The Labute approximate surface area is 380 Å². The van der Waals surface area contributed by atoms with Crippen LogP contribution in [0.5, 0.6) is 0 Å². The molecule has 14 heteroatoms. The zero-order chi connectivity index (χ0) is 46.4. The average Bonchev–Trinajstić information content (AvgIpc) is 3.26. The van der Waals surface area contributed by atoms with Crippen molar-refractivity contribution >= 4 is 19.8 Å². The lowest BCUT2D eigenvalue weighted by Gasteiger charge is -2.41. The lowest BCUT2D eigenvalue weighted by atomic mass is 9.85. The van der Waals surface area contributed by atoms with E-state index in [1.165, 1.54) is 89.9 Å². The number of phosphoric ester groups is 1. The molecule has 13 nitrogen and oxygen atoms in total. The molecule has 0 radical (unpaired) electrons. The normalized spacial score (nSPS) is 22.0. The van der Waals surface area contributed by atoms with E-state index in [0.29, 0.717) is 12.8 Å². The fraction of sp³-hybridized carbons (Fsp3) is 0.837. The number of aliphatic hydroxyl groups excluding tert-OH is 5. The number of esters is 2. The van der Waals surface area contributed by atoms with Crippen molar-refractivity contribution in [2.24, 2.45) is 0 Å². The first kappa shape index (κ1) is 59.1. The third-order valence-electron chi connectivity index (χ3n) is 11.5. The van der Waals surface area contributed by atoms with E-state index in [4.69, 9.17) is 18.5 Å². The van der Waals surface area contributed by atoms with E-state index in [-0.39, 0.29) is 12.8 Å². The fourth-order valence-corrected chi connectivity index (χ4v) is 8.51. The van der Waals surface area contributed by atoms with Gasteiger partial charge in [-0.3, -0.25) is 18.6 Å². The van der Waals surface area contributed by atoms with Crippen LogP contribution in [0.15, 0.2) is 36.5 Å². The summed E-state index contributed by atoms with van der Waals surface area (Å²) in [6, 6.07) is 0. The number of ether oxygens (including phenoxy) is 2. The van der Waals surface area contributed by atoms with E-state index in [1.54, 1.807) is 0 Å². The van der Waals surface area contributed by atoms with Crippen LogP contribution in [0, 0.1) is 0 Å². The molecule has 0 aromatic heterocycles. The Morgan fingerprint density at radius 3 is 1.38 bits per heavy atom. The summed E-state index contributed by atoms with van der Waals surface area (Å²) in [7, 11) is -5.12. The molecule has 0 aromatic carbocycles. The van der Waals surface area contributed by atoms with Crippen LogP contribution in [0.4, 0.5) is 0 Å². The molecule has 0 heterocycles. The summed E-state index contributed by atoms with van der Waals surface area (Å²) < 4.78 is 33.6. The average molecular weight is 917 g/mol. The zero-order valence-corrected chi connectivity index (χ0v) is 40.0. The Hall–Kier alpha value is -1.93. The van der Waals surface area contributed by atoms with Crippen LogP contribution in [0.2, 0.25) is 0 Å². The molecule has 6 N–H and O–H groups in total. The van der Waals surface area contributed by atoms with Gasteiger partial charge >= 0.3 is 19.8 Å². The molecule has 1 aliphatic rings. The molecule has 0 aromatic rings. The van der Waals surface area contributed by atoms with Crippen molar-refractivity contribution in [2.45, 2.75) is 249 Å². The van der Waals surface area contributed by atoms with Crippen LogP contribution >= 0.6 is 7.82 Å². The van der Waals surface area contributed by atoms with Crippen molar-refractivity contribution in [1.29, 1.82) is 0 Å². The number of aliphatic hydroxyl groups is 5. The van der Waals surface area contributed by atoms with E-state index >= 15 is 0 Å². The van der Waals surface area contributed by atoms with Gasteiger partial charge < -0.3 is 39.9 Å². The maximum atomic E-state index is 12.8. The summed E-state index contributed by atoms with van der Waals surface area (Å²) in [6.45, 7) is 3.20. The predicted molar refractivity (Wildman–Crippen MR) is 249 cm³/mol. The largest absolute Gasteiger partial charge is 0.472 e. The molecule has 0 spiro atoms. The third kappa shape index (κ3) is 31.6. The number of allylic oxidation sites excluding steroid dienone is 6. The molecule has 0 aliphatic heterocycles. The quantitative estimate of drug-likeness (QED) is 0.0146. The highest BCUT2D eigenvalue weighted by molar-refractivity contribution is 7.47. The van der Waals surface area contributed by atoms with E-state index in [0.717, 1.165) is 77.0 Å². The zero-order valence-electron chi connectivity index (χ0n) is 39.1. The van der Waals surface area contributed by atoms with Crippen LogP contribution < -0.4 is 0 Å². The van der Waals surface area contributed by atoms with Crippen molar-refractivity contribution in [3.63, 3.8) is 0 Å². The number of hydrogen-bond acceptors (Lipinski definition) is 12. The first-order valence-corrected chi connectivity index (χ1v) is 26.3. The molecule has 1 fully saturated rings. The Bertz CT molecular complexity index is 1240. The summed E-state index contributed by atoms with van der Waals surface area (Å²) in [5.74, 6) is -1.11. The van der Waals surface area contributed by atoms with Crippen molar-refractivity contribution in [3.8, 4) is 0 Å². The van der Waals surface area contributed by atoms with Gasteiger partial charge in [0.15, 0.2) is 6.10 Å². The van der Waals surface area contributed by atoms with E-state index < -0.39 is 75.7 Å². The molecule has 0 bridgehead atoms. The van der Waals surface area contributed by atoms with Gasteiger partial charge in [-0.25, -0.2) is 4.57 Å². The summed E-state index contributed by atoms with van der Waals surface area (Å²) in [5.41, 5.74) is 0. The molecule has 1 saturated carbocycles. The number of rotatable bonds is 41. The third-order valence-corrected chi connectivity index (χ3v) is 12.5. The number of carbonyl (C=O) groups excluding carboxylic acids is 2. The number of carbonyl (C=O) groups is 2. The highest BCUT2D eigenvalue weighted by Gasteiger charge is 2.51. The molecule has 1 aliphatic carbocycles. The highest BCUT2D eigenvalue weighted by atomic mass is 31.2. The lowest BCUT2D eigenvalue weighted by molar-refractivity contribution is -0.220. The second-order valence-electron chi connectivity index (χ2n) is 17.3. The van der Waals surface area contributed by atoms with E-state index in [9.17, 15) is 44.6 Å². The van der Waals surface area contributed by atoms with Crippen LogP contribution in [0.25, 0.3) is 0 Å². The van der Waals surface area contributed by atoms with Gasteiger partial charge in [0.2, 0.25) is 0 Å². The van der Waals surface area contributed by atoms with Gasteiger partial charge in [0.1, 0.15) is 43.2 Å². The molecule has 0 amide bonds. The van der Waals surface area contributed by atoms with Gasteiger partial charge in [-0.1, -0.05) is 185 Å². The number of phosphoric acid groups is 1. The van der Waals surface area contributed by atoms with Crippen LogP contribution in [0.3, 0.4) is 0 Å². The minimum atomic E-state index is -5.12.